The second-order valence-electron chi connectivity index (χ2n) is 5.15. The molecule has 0 aliphatic rings. The first-order valence-corrected chi connectivity index (χ1v) is 7.34. The molecule has 0 fully saturated rings. The predicted octanol–water partition coefficient (Wildman–Crippen LogP) is 5.43. The molecule has 0 bridgehead atoms. The SMILES string of the molecule is Cc1cc(F)cc(C(Br)Cc2ccc(C)c(C)c2)c1. The Kier molecular flexibility index (Phi) is 4.41. The van der Waals surface area contributed by atoms with Gasteiger partial charge in [-0.05, 0) is 67.1 Å². The largest absolute Gasteiger partial charge is 0.207 e. The van der Waals surface area contributed by atoms with Gasteiger partial charge in [0.2, 0.25) is 0 Å². The summed E-state index contributed by atoms with van der Waals surface area (Å²) in [5.74, 6) is -0.167. The normalized spacial score (nSPS) is 12.5. The minimum atomic E-state index is -0.167. The van der Waals surface area contributed by atoms with Gasteiger partial charge in [-0.1, -0.05) is 40.2 Å². The van der Waals surface area contributed by atoms with Crippen molar-refractivity contribution in [3.8, 4) is 0 Å². The van der Waals surface area contributed by atoms with Gasteiger partial charge >= 0.3 is 0 Å². The fraction of sp³-hybridized carbons (Fsp3) is 0.294. The number of aryl methyl sites for hydroxylation is 3. The van der Waals surface area contributed by atoms with Crippen LogP contribution >= 0.6 is 15.9 Å². The molecule has 0 aliphatic carbocycles. The van der Waals surface area contributed by atoms with Crippen LogP contribution < -0.4 is 0 Å². The van der Waals surface area contributed by atoms with Crippen LogP contribution in [0.3, 0.4) is 0 Å². The molecule has 0 saturated carbocycles. The summed E-state index contributed by atoms with van der Waals surface area (Å²) in [6, 6.07) is 11.7. The Morgan fingerprint density at radius 1 is 1.00 bits per heavy atom. The number of alkyl halides is 1. The molecule has 1 unspecified atom stereocenters. The molecule has 0 aliphatic heterocycles. The number of halogens is 2. The van der Waals surface area contributed by atoms with Crippen molar-refractivity contribution in [1.82, 2.24) is 0 Å². The van der Waals surface area contributed by atoms with Crippen LogP contribution in [0, 0.1) is 26.6 Å². The van der Waals surface area contributed by atoms with E-state index in [0.29, 0.717) is 0 Å². The molecule has 1 atom stereocenters. The smallest absolute Gasteiger partial charge is 0.123 e. The zero-order chi connectivity index (χ0) is 14.0. The molecule has 2 rings (SSSR count). The lowest BCUT2D eigenvalue weighted by Gasteiger charge is -2.12. The van der Waals surface area contributed by atoms with Gasteiger partial charge in [-0.3, -0.25) is 0 Å². The maximum absolute atomic E-state index is 13.4. The van der Waals surface area contributed by atoms with Crippen molar-refractivity contribution in [2.45, 2.75) is 32.0 Å². The minimum absolute atomic E-state index is 0.143. The number of benzene rings is 2. The van der Waals surface area contributed by atoms with Crippen molar-refractivity contribution >= 4 is 15.9 Å². The van der Waals surface area contributed by atoms with Crippen LogP contribution in [-0.2, 0) is 6.42 Å². The van der Waals surface area contributed by atoms with Crippen LogP contribution in [0.15, 0.2) is 36.4 Å². The highest BCUT2D eigenvalue weighted by molar-refractivity contribution is 9.09. The lowest BCUT2D eigenvalue weighted by Crippen LogP contribution is -1.98. The Morgan fingerprint density at radius 2 is 1.74 bits per heavy atom. The average Bonchev–Trinajstić information content (AvgIpc) is 2.32. The van der Waals surface area contributed by atoms with Gasteiger partial charge < -0.3 is 0 Å². The van der Waals surface area contributed by atoms with Gasteiger partial charge in [0.05, 0.1) is 0 Å². The third-order valence-electron chi connectivity index (χ3n) is 3.41. The summed E-state index contributed by atoms with van der Waals surface area (Å²) in [5, 5.41) is 0. The molecular weight excluding hydrogens is 303 g/mol. The van der Waals surface area contributed by atoms with Crippen molar-refractivity contribution in [3.63, 3.8) is 0 Å². The molecular formula is C17H18BrF. The summed E-state index contributed by atoms with van der Waals surface area (Å²) in [5.41, 5.74) is 5.83. The molecule has 0 aromatic heterocycles. The summed E-state index contributed by atoms with van der Waals surface area (Å²) in [7, 11) is 0. The van der Waals surface area contributed by atoms with Gasteiger partial charge in [0, 0.05) is 4.83 Å². The summed E-state index contributed by atoms with van der Waals surface area (Å²) in [4.78, 5) is 0.143. The van der Waals surface area contributed by atoms with Crippen molar-refractivity contribution in [1.29, 1.82) is 0 Å². The Labute approximate surface area is 122 Å². The fourth-order valence-corrected chi connectivity index (χ4v) is 2.84. The molecule has 2 aromatic carbocycles. The maximum atomic E-state index is 13.4. The third kappa shape index (κ3) is 3.66. The first kappa shape index (κ1) is 14.3. The van der Waals surface area contributed by atoms with Crippen LogP contribution in [0.2, 0.25) is 0 Å². The molecule has 0 saturated heterocycles. The zero-order valence-electron chi connectivity index (χ0n) is 11.5. The van der Waals surface area contributed by atoms with E-state index in [1.54, 1.807) is 12.1 Å². The van der Waals surface area contributed by atoms with Crippen LogP contribution in [-0.4, -0.2) is 0 Å². The van der Waals surface area contributed by atoms with Gasteiger partial charge in [0.25, 0.3) is 0 Å². The van der Waals surface area contributed by atoms with Crippen LogP contribution in [0.5, 0.6) is 0 Å². The van der Waals surface area contributed by atoms with E-state index < -0.39 is 0 Å². The Bertz CT molecular complexity index is 570. The van der Waals surface area contributed by atoms with E-state index in [4.69, 9.17) is 0 Å². The van der Waals surface area contributed by atoms with Crippen LogP contribution in [0.4, 0.5) is 4.39 Å². The van der Waals surface area contributed by atoms with Crippen LogP contribution in [0.1, 0.15) is 32.6 Å². The van der Waals surface area contributed by atoms with E-state index in [9.17, 15) is 4.39 Å². The quantitative estimate of drug-likeness (QED) is 0.661. The molecule has 0 heterocycles. The molecule has 0 spiro atoms. The van der Waals surface area contributed by atoms with Crippen molar-refractivity contribution in [2.75, 3.05) is 0 Å². The zero-order valence-corrected chi connectivity index (χ0v) is 13.1. The third-order valence-corrected chi connectivity index (χ3v) is 4.26. The first-order chi connectivity index (χ1) is 8.95. The summed E-state index contributed by atoms with van der Waals surface area (Å²) in [6.45, 7) is 6.15. The molecule has 0 N–H and O–H groups in total. The molecule has 19 heavy (non-hydrogen) atoms. The average molecular weight is 321 g/mol. The molecule has 100 valence electrons. The van der Waals surface area contributed by atoms with Gasteiger partial charge in [-0.25, -0.2) is 4.39 Å². The van der Waals surface area contributed by atoms with E-state index in [2.05, 4.69) is 48.0 Å². The van der Waals surface area contributed by atoms with E-state index in [0.717, 1.165) is 17.5 Å². The topological polar surface area (TPSA) is 0 Å². The lowest BCUT2D eigenvalue weighted by atomic mass is 9.99. The molecule has 2 heteroatoms. The van der Waals surface area contributed by atoms with E-state index in [1.807, 2.05) is 13.0 Å². The number of rotatable bonds is 3. The van der Waals surface area contributed by atoms with Gasteiger partial charge in [0.1, 0.15) is 5.82 Å². The molecule has 0 nitrogen and oxygen atoms in total. The highest BCUT2D eigenvalue weighted by atomic mass is 79.9. The minimum Gasteiger partial charge on any atom is -0.207 e. The highest BCUT2D eigenvalue weighted by Gasteiger charge is 2.10. The molecule has 0 radical (unpaired) electrons. The van der Waals surface area contributed by atoms with Crippen molar-refractivity contribution in [2.24, 2.45) is 0 Å². The van der Waals surface area contributed by atoms with Gasteiger partial charge in [-0.15, -0.1) is 0 Å². The Balaban J connectivity index is 2.20. The fourth-order valence-electron chi connectivity index (χ4n) is 2.20. The number of hydrogen-bond donors (Lipinski definition) is 0. The summed E-state index contributed by atoms with van der Waals surface area (Å²) >= 11 is 3.67. The second kappa shape index (κ2) is 5.87. The predicted molar refractivity (Wildman–Crippen MR) is 82.4 cm³/mol. The van der Waals surface area contributed by atoms with Crippen molar-refractivity contribution < 1.29 is 4.39 Å². The second-order valence-corrected chi connectivity index (χ2v) is 6.26. The lowest BCUT2D eigenvalue weighted by molar-refractivity contribution is 0.623. The number of hydrogen-bond acceptors (Lipinski definition) is 0. The first-order valence-electron chi connectivity index (χ1n) is 6.43. The Hall–Kier alpha value is -1.15. The van der Waals surface area contributed by atoms with Gasteiger partial charge in [-0.2, -0.15) is 0 Å². The molecule has 0 amide bonds. The van der Waals surface area contributed by atoms with Crippen LogP contribution in [0.25, 0.3) is 0 Å². The standard InChI is InChI=1S/C17H18BrF/c1-11-6-15(10-16(19)7-11)17(18)9-14-5-4-12(2)13(3)8-14/h4-8,10,17H,9H2,1-3H3. The monoisotopic (exact) mass is 320 g/mol. The van der Waals surface area contributed by atoms with E-state index in [1.165, 1.54) is 16.7 Å². The molecule has 2 aromatic rings. The van der Waals surface area contributed by atoms with Gasteiger partial charge in [0.15, 0.2) is 0 Å². The maximum Gasteiger partial charge on any atom is 0.123 e. The summed E-state index contributed by atoms with van der Waals surface area (Å²) < 4.78 is 13.4. The van der Waals surface area contributed by atoms with E-state index >= 15 is 0 Å². The Morgan fingerprint density at radius 3 is 2.37 bits per heavy atom. The highest BCUT2D eigenvalue weighted by Crippen LogP contribution is 2.29. The summed E-state index contributed by atoms with van der Waals surface area (Å²) in [6.07, 6.45) is 0.865. The van der Waals surface area contributed by atoms with Crippen molar-refractivity contribution in [3.05, 3.63) is 70.0 Å². The van der Waals surface area contributed by atoms with E-state index in [-0.39, 0.29) is 10.6 Å².